The van der Waals surface area contributed by atoms with Crippen LogP contribution in [0.5, 0.6) is 0 Å². The third kappa shape index (κ3) is 4.78. The minimum absolute atomic E-state index is 0.212. The topological polar surface area (TPSA) is 15.3 Å². The van der Waals surface area contributed by atoms with Gasteiger partial charge in [0, 0.05) is 18.8 Å². The van der Waals surface area contributed by atoms with Gasteiger partial charge in [0.2, 0.25) is 0 Å². The predicted octanol–water partition coefficient (Wildman–Crippen LogP) is 3.27. The molecule has 1 aromatic rings. The first-order chi connectivity index (χ1) is 7.79. The van der Waals surface area contributed by atoms with Crippen molar-refractivity contribution in [2.24, 2.45) is 0 Å². The van der Waals surface area contributed by atoms with E-state index in [-0.39, 0.29) is 5.41 Å². The van der Waals surface area contributed by atoms with Gasteiger partial charge >= 0.3 is 0 Å². The van der Waals surface area contributed by atoms with E-state index >= 15 is 0 Å². The number of nitrogens with one attached hydrogen (secondary N) is 1. The first kappa shape index (κ1) is 14.0. The number of aryl methyl sites for hydroxylation is 1. The van der Waals surface area contributed by atoms with Gasteiger partial charge in [0.15, 0.2) is 0 Å². The fourth-order valence-electron chi connectivity index (χ4n) is 1.74. The fraction of sp³-hybridized carbons (Fsp3) is 0.600. The fourth-order valence-corrected chi connectivity index (χ4v) is 1.74. The maximum atomic E-state index is 3.49. The molecule has 0 radical (unpaired) electrons. The second-order valence-electron chi connectivity index (χ2n) is 6.07. The summed E-state index contributed by atoms with van der Waals surface area (Å²) in [5.74, 6) is 0. The summed E-state index contributed by atoms with van der Waals surface area (Å²) < 4.78 is 0. The summed E-state index contributed by atoms with van der Waals surface area (Å²) in [5.41, 5.74) is 4.16. The van der Waals surface area contributed by atoms with Gasteiger partial charge in [0.05, 0.1) is 0 Å². The average molecular weight is 234 g/mol. The molecule has 0 unspecified atom stereocenters. The predicted molar refractivity (Wildman–Crippen MR) is 76.9 cm³/mol. The van der Waals surface area contributed by atoms with Crippen molar-refractivity contribution < 1.29 is 0 Å². The smallest absolute Gasteiger partial charge is 0.0346 e. The quantitative estimate of drug-likeness (QED) is 0.860. The van der Waals surface area contributed by atoms with Crippen molar-refractivity contribution in [1.82, 2.24) is 4.90 Å². The van der Waals surface area contributed by atoms with Gasteiger partial charge in [-0.2, -0.15) is 0 Å². The van der Waals surface area contributed by atoms with Crippen LogP contribution in [0.1, 0.15) is 31.9 Å². The Morgan fingerprint density at radius 3 is 2.29 bits per heavy atom. The normalized spacial score (nSPS) is 11.9. The third-order valence-electron chi connectivity index (χ3n) is 2.83. The summed E-state index contributed by atoms with van der Waals surface area (Å²) in [4.78, 5) is 2.19. The Kier molecular flexibility index (Phi) is 4.58. The number of benzene rings is 1. The first-order valence-corrected chi connectivity index (χ1v) is 6.30. The zero-order valence-electron chi connectivity index (χ0n) is 12.1. The Labute approximate surface area is 106 Å². The summed E-state index contributed by atoms with van der Waals surface area (Å²) >= 11 is 0. The molecule has 0 heterocycles. The lowest BCUT2D eigenvalue weighted by Gasteiger charge is -2.21. The molecule has 0 saturated carbocycles. The molecule has 0 atom stereocenters. The van der Waals surface area contributed by atoms with E-state index in [1.54, 1.807) is 0 Å². The molecule has 17 heavy (non-hydrogen) atoms. The lowest BCUT2D eigenvalue weighted by molar-refractivity contribution is 0.425. The molecule has 0 aliphatic carbocycles. The largest absolute Gasteiger partial charge is 0.384 e. The van der Waals surface area contributed by atoms with Crippen LogP contribution in [0.2, 0.25) is 0 Å². The van der Waals surface area contributed by atoms with Crippen molar-refractivity contribution >= 4 is 5.69 Å². The van der Waals surface area contributed by atoms with Crippen LogP contribution in [0.15, 0.2) is 18.2 Å². The highest BCUT2D eigenvalue weighted by molar-refractivity contribution is 5.50. The van der Waals surface area contributed by atoms with Crippen molar-refractivity contribution in [2.45, 2.75) is 33.1 Å². The van der Waals surface area contributed by atoms with E-state index < -0.39 is 0 Å². The van der Waals surface area contributed by atoms with E-state index in [1.165, 1.54) is 16.8 Å². The van der Waals surface area contributed by atoms with Crippen molar-refractivity contribution in [2.75, 3.05) is 32.5 Å². The number of rotatable bonds is 4. The number of nitrogens with zero attached hydrogens (tertiary/aromatic N) is 1. The van der Waals surface area contributed by atoms with E-state index in [4.69, 9.17) is 0 Å². The molecule has 2 heteroatoms. The van der Waals surface area contributed by atoms with Crippen LogP contribution in [0, 0.1) is 6.92 Å². The molecule has 0 saturated heterocycles. The van der Waals surface area contributed by atoms with Gasteiger partial charge in [-0.1, -0.05) is 26.8 Å². The monoisotopic (exact) mass is 234 g/mol. The Balaban J connectivity index is 2.76. The second kappa shape index (κ2) is 5.54. The van der Waals surface area contributed by atoms with Crippen LogP contribution in [0.4, 0.5) is 5.69 Å². The Bertz CT molecular complexity index is 362. The number of hydrogen-bond acceptors (Lipinski definition) is 2. The van der Waals surface area contributed by atoms with Gasteiger partial charge < -0.3 is 10.2 Å². The molecule has 96 valence electrons. The molecule has 0 aliphatic heterocycles. The SMILES string of the molecule is Cc1cc(NCCN(C)C)cc(C(C)(C)C)c1. The number of likely N-dealkylation sites (N-methyl/N-ethyl adjacent to an activating group) is 1. The molecule has 1 rings (SSSR count). The molecular formula is C15H26N2. The van der Waals surface area contributed by atoms with Crippen molar-refractivity contribution in [3.05, 3.63) is 29.3 Å². The van der Waals surface area contributed by atoms with Gasteiger partial charge in [-0.05, 0) is 49.7 Å². The zero-order chi connectivity index (χ0) is 13.1. The van der Waals surface area contributed by atoms with E-state index in [9.17, 15) is 0 Å². The lowest BCUT2D eigenvalue weighted by atomic mass is 9.86. The van der Waals surface area contributed by atoms with Gasteiger partial charge in [0.1, 0.15) is 0 Å². The van der Waals surface area contributed by atoms with Gasteiger partial charge in [0.25, 0.3) is 0 Å². The van der Waals surface area contributed by atoms with E-state index in [0.717, 1.165) is 13.1 Å². The highest BCUT2D eigenvalue weighted by atomic mass is 15.1. The highest BCUT2D eigenvalue weighted by Crippen LogP contribution is 2.26. The third-order valence-corrected chi connectivity index (χ3v) is 2.83. The van der Waals surface area contributed by atoms with Crippen molar-refractivity contribution in [1.29, 1.82) is 0 Å². The molecular weight excluding hydrogens is 208 g/mol. The molecule has 1 aromatic carbocycles. The summed E-state index contributed by atoms with van der Waals surface area (Å²) in [7, 11) is 4.19. The Morgan fingerprint density at radius 2 is 1.76 bits per heavy atom. The summed E-state index contributed by atoms with van der Waals surface area (Å²) in [6, 6.07) is 6.75. The van der Waals surface area contributed by atoms with Crippen LogP contribution in [-0.4, -0.2) is 32.1 Å². The van der Waals surface area contributed by atoms with Gasteiger partial charge in [-0.3, -0.25) is 0 Å². The molecule has 0 amide bonds. The second-order valence-corrected chi connectivity index (χ2v) is 6.07. The van der Waals surface area contributed by atoms with Crippen LogP contribution < -0.4 is 5.32 Å². The molecule has 1 N–H and O–H groups in total. The van der Waals surface area contributed by atoms with E-state index in [2.05, 4.69) is 70.2 Å². The number of anilines is 1. The van der Waals surface area contributed by atoms with Crippen LogP contribution in [0.25, 0.3) is 0 Å². The van der Waals surface area contributed by atoms with Crippen molar-refractivity contribution in [3.8, 4) is 0 Å². The zero-order valence-corrected chi connectivity index (χ0v) is 12.1. The molecule has 0 bridgehead atoms. The van der Waals surface area contributed by atoms with Crippen molar-refractivity contribution in [3.63, 3.8) is 0 Å². The van der Waals surface area contributed by atoms with Gasteiger partial charge in [-0.15, -0.1) is 0 Å². The molecule has 0 fully saturated rings. The van der Waals surface area contributed by atoms with Gasteiger partial charge in [-0.25, -0.2) is 0 Å². The summed E-state index contributed by atoms with van der Waals surface area (Å²) in [5, 5.41) is 3.49. The lowest BCUT2D eigenvalue weighted by Crippen LogP contribution is -2.21. The Hall–Kier alpha value is -1.02. The number of hydrogen-bond donors (Lipinski definition) is 1. The van der Waals surface area contributed by atoms with E-state index in [0.29, 0.717) is 0 Å². The van der Waals surface area contributed by atoms with Crippen LogP contribution >= 0.6 is 0 Å². The summed E-state index contributed by atoms with van der Waals surface area (Å²) in [6.45, 7) is 11.0. The minimum atomic E-state index is 0.212. The first-order valence-electron chi connectivity index (χ1n) is 6.30. The maximum Gasteiger partial charge on any atom is 0.0346 e. The molecule has 2 nitrogen and oxygen atoms in total. The standard InChI is InChI=1S/C15H26N2/c1-12-9-13(15(2,3)4)11-14(10-12)16-7-8-17(5)6/h9-11,16H,7-8H2,1-6H3. The van der Waals surface area contributed by atoms with Crippen LogP contribution in [-0.2, 0) is 5.41 Å². The molecule has 0 spiro atoms. The van der Waals surface area contributed by atoms with Crippen LogP contribution in [0.3, 0.4) is 0 Å². The minimum Gasteiger partial charge on any atom is -0.384 e. The maximum absolute atomic E-state index is 3.49. The average Bonchev–Trinajstić information content (AvgIpc) is 2.14. The Morgan fingerprint density at radius 1 is 1.12 bits per heavy atom. The van der Waals surface area contributed by atoms with E-state index in [1.807, 2.05) is 0 Å². The molecule has 0 aromatic heterocycles. The summed E-state index contributed by atoms with van der Waals surface area (Å²) in [6.07, 6.45) is 0. The molecule has 0 aliphatic rings. The highest BCUT2D eigenvalue weighted by Gasteiger charge is 2.14.